The summed E-state index contributed by atoms with van der Waals surface area (Å²) in [5.74, 6) is -1.33. The Morgan fingerprint density at radius 3 is 0.909 bits per heavy atom. The van der Waals surface area contributed by atoms with Crippen molar-refractivity contribution in [1.82, 2.24) is 9.80 Å². The van der Waals surface area contributed by atoms with E-state index in [0.29, 0.717) is 0 Å². The Morgan fingerprint density at radius 2 is 0.773 bits per heavy atom. The maximum absolute atomic E-state index is 12.9. The summed E-state index contributed by atoms with van der Waals surface area (Å²) in [6.45, 7) is 10.7. The van der Waals surface area contributed by atoms with Crippen molar-refractivity contribution in [1.29, 1.82) is 0 Å². The molecule has 3 fully saturated rings. The van der Waals surface area contributed by atoms with Crippen molar-refractivity contribution in [3.8, 4) is 0 Å². The largest absolute Gasteiger partial charge is 0.282 e. The van der Waals surface area contributed by atoms with E-state index in [1.54, 1.807) is 41.5 Å². The van der Waals surface area contributed by atoms with Crippen molar-refractivity contribution in [3.63, 3.8) is 0 Å². The van der Waals surface area contributed by atoms with Crippen LogP contribution in [0.4, 0.5) is 0 Å². The third kappa shape index (κ3) is 0.891. The van der Waals surface area contributed by atoms with E-state index in [1.807, 2.05) is 0 Å². The summed E-state index contributed by atoms with van der Waals surface area (Å²) in [5, 5.41) is 0. The average Bonchev–Trinajstić information content (AvgIpc) is 2.73. The summed E-state index contributed by atoms with van der Waals surface area (Å²) in [6.07, 6.45) is 0. The quantitative estimate of drug-likeness (QED) is 0.707. The van der Waals surface area contributed by atoms with Gasteiger partial charge < -0.3 is 0 Å². The van der Waals surface area contributed by atoms with Gasteiger partial charge >= 0.3 is 0 Å². The molecular weight excluding hydrogens is 284 g/mol. The minimum absolute atomic E-state index is 0.259. The highest BCUT2D eigenvalue weighted by Crippen LogP contribution is 2.83. The molecule has 0 aromatic heterocycles. The lowest BCUT2D eigenvalue weighted by molar-refractivity contribution is -0.243. The molecule has 0 atom stereocenters. The predicted octanol–water partition coefficient (Wildman–Crippen LogP) is 0.803. The van der Waals surface area contributed by atoms with E-state index in [0.717, 1.165) is 0 Å². The molecule has 22 heavy (non-hydrogen) atoms. The lowest BCUT2D eigenvalue weighted by atomic mass is 9.27. The molecule has 0 aromatic rings. The number of amides is 4. The number of nitrogens with zero attached hydrogens (tertiary/aromatic N) is 2. The number of hydrogen-bond donors (Lipinski definition) is 0. The van der Waals surface area contributed by atoms with Crippen LogP contribution in [0.3, 0.4) is 0 Å². The highest BCUT2D eigenvalue weighted by atomic mass is 16.2. The van der Waals surface area contributed by atoms with Crippen LogP contribution in [0.15, 0.2) is 0 Å². The second-order valence-corrected chi connectivity index (χ2v) is 7.21. The molecule has 0 radical (unpaired) electrons. The third-order valence-corrected chi connectivity index (χ3v) is 7.32. The molecule has 2 aliphatic heterocycles. The van der Waals surface area contributed by atoms with Crippen LogP contribution < -0.4 is 0 Å². The molecule has 120 valence electrons. The zero-order chi connectivity index (χ0) is 16.9. The zero-order valence-corrected chi connectivity index (χ0v) is 13.9. The number of likely N-dealkylation sites (tertiary alicyclic amines) is 2. The molecule has 6 nitrogen and oxygen atoms in total. The van der Waals surface area contributed by atoms with Gasteiger partial charge in [0.05, 0.1) is 21.7 Å². The van der Waals surface area contributed by atoms with Gasteiger partial charge in [-0.25, -0.2) is 0 Å². The molecule has 0 unspecified atom stereocenters. The maximum atomic E-state index is 12.9. The highest BCUT2D eigenvalue weighted by Gasteiger charge is 2.96. The number of carbonyl (C=O) groups excluding carboxylic acids is 4. The lowest BCUT2D eigenvalue weighted by Gasteiger charge is -2.67. The van der Waals surface area contributed by atoms with Crippen molar-refractivity contribution in [2.45, 2.75) is 41.5 Å². The Morgan fingerprint density at radius 1 is 0.591 bits per heavy atom. The minimum atomic E-state index is -1.17. The predicted molar refractivity (Wildman–Crippen MR) is 77.2 cm³/mol. The first-order chi connectivity index (χ1) is 10.0. The minimum Gasteiger partial charge on any atom is -0.282 e. The lowest BCUT2D eigenvalue weighted by Crippen LogP contribution is -2.77. The Hall–Kier alpha value is -1.72. The molecule has 3 rings (SSSR count). The van der Waals surface area contributed by atoms with E-state index < -0.39 is 21.7 Å². The van der Waals surface area contributed by atoms with Crippen LogP contribution in [-0.2, 0) is 19.2 Å². The first kappa shape index (κ1) is 15.2. The number of hydrogen-bond acceptors (Lipinski definition) is 4. The van der Waals surface area contributed by atoms with Crippen LogP contribution in [0.1, 0.15) is 41.5 Å². The SMILES string of the molecule is CCN1C(=O)C2(C)C(C)(C1=O)C1(C)C(=O)N(CC)C(=O)C21C. The summed E-state index contributed by atoms with van der Waals surface area (Å²) >= 11 is 0. The summed E-state index contributed by atoms with van der Waals surface area (Å²) in [6, 6.07) is 0. The molecular formula is C16H22N2O4. The monoisotopic (exact) mass is 306 g/mol. The van der Waals surface area contributed by atoms with Gasteiger partial charge in [0.2, 0.25) is 23.6 Å². The van der Waals surface area contributed by atoms with E-state index in [1.165, 1.54) is 9.80 Å². The average molecular weight is 306 g/mol. The number of fused-ring (bicyclic) bond motifs is 4. The normalized spacial score (nSPS) is 47.0. The molecule has 6 heteroatoms. The molecule has 0 aromatic carbocycles. The fourth-order valence-corrected chi connectivity index (χ4v) is 5.49. The molecule has 0 N–H and O–H groups in total. The molecule has 0 bridgehead atoms. The van der Waals surface area contributed by atoms with Crippen molar-refractivity contribution < 1.29 is 19.2 Å². The Labute approximate surface area is 129 Å². The number of rotatable bonds is 2. The van der Waals surface area contributed by atoms with Crippen molar-refractivity contribution >= 4 is 23.6 Å². The summed E-state index contributed by atoms with van der Waals surface area (Å²) < 4.78 is 0. The smallest absolute Gasteiger partial charge is 0.237 e. The molecule has 2 saturated heterocycles. The summed E-state index contributed by atoms with van der Waals surface area (Å²) in [5.41, 5.74) is -4.67. The third-order valence-electron chi connectivity index (χ3n) is 7.32. The number of imide groups is 2. The molecule has 1 aliphatic carbocycles. The van der Waals surface area contributed by atoms with E-state index >= 15 is 0 Å². The van der Waals surface area contributed by atoms with Crippen LogP contribution in [0.2, 0.25) is 0 Å². The molecule has 1 saturated carbocycles. The molecule has 0 spiro atoms. The highest BCUT2D eigenvalue weighted by molar-refractivity contribution is 6.24. The summed E-state index contributed by atoms with van der Waals surface area (Å²) in [4.78, 5) is 54.0. The second kappa shape index (κ2) is 3.60. The van der Waals surface area contributed by atoms with Gasteiger partial charge in [0.1, 0.15) is 0 Å². The molecule has 3 aliphatic rings. The van der Waals surface area contributed by atoms with Crippen molar-refractivity contribution in [3.05, 3.63) is 0 Å². The standard InChI is InChI=1S/C16H22N2O4/c1-7-17-9(19)13(3)14(4,10(17)20)16(6)12(22)18(8-2)11(21)15(13,16)5/h7-8H2,1-6H3. The van der Waals surface area contributed by atoms with Gasteiger partial charge in [0, 0.05) is 13.1 Å². The summed E-state index contributed by atoms with van der Waals surface area (Å²) in [7, 11) is 0. The topological polar surface area (TPSA) is 74.8 Å². The van der Waals surface area contributed by atoms with Crippen LogP contribution in [-0.4, -0.2) is 46.5 Å². The Kier molecular flexibility index (Phi) is 2.49. The first-order valence-electron chi connectivity index (χ1n) is 7.76. The van der Waals surface area contributed by atoms with Gasteiger partial charge in [0.15, 0.2) is 0 Å². The number of carbonyl (C=O) groups is 4. The Balaban J connectivity index is 2.33. The van der Waals surface area contributed by atoms with Crippen molar-refractivity contribution in [2.24, 2.45) is 21.7 Å². The van der Waals surface area contributed by atoms with Gasteiger partial charge in [-0.1, -0.05) is 0 Å². The van der Waals surface area contributed by atoms with Gasteiger partial charge in [-0.3, -0.25) is 29.0 Å². The van der Waals surface area contributed by atoms with Crippen LogP contribution in [0, 0.1) is 21.7 Å². The van der Waals surface area contributed by atoms with Gasteiger partial charge in [-0.2, -0.15) is 0 Å². The second-order valence-electron chi connectivity index (χ2n) is 7.21. The van der Waals surface area contributed by atoms with E-state index in [2.05, 4.69) is 0 Å². The van der Waals surface area contributed by atoms with Crippen LogP contribution in [0.5, 0.6) is 0 Å². The van der Waals surface area contributed by atoms with Crippen LogP contribution >= 0.6 is 0 Å². The van der Waals surface area contributed by atoms with Gasteiger partial charge in [-0.05, 0) is 41.5 Å². The van der Waals surface area contributed by atoms with Gasteiger partial charge in [0.25, 0.3) is 0 Å². The Bertz CT molecular complexity index is 535. The molecule has 4 amide bonds. The van der Waals surface area contributed by atoms with E-state index in [-0.39, 0.29) is 36.7 Å². The maximum Gasteiger partial charge on any atom is 0.237 e. The van der Waals surface area contributed by atoms with E-state index in [9.17, 15) is 19.2 Å². The fraction of sp³-hybridized carbons (Fsp3) is 0.750. The fourth-order valence-electron chi connectivity index (χ4n) is 5.49. The van der Waals surface area contributed by atoms with E-state index in [4.69, 9.17) is 0 Å². The zero-order valence-electron chi connectivity index (χ0n) is 13.9. The first-order valence-corrected chi connectivity index (χ1v) is 7.76. The van der Waals surface area contributed by atoms with Crippen LogP contribution in [0.25, 0.3) is 0 Å². The van der Waals surface area contributed by atoms with Crippen molar-refractivity contribution in [2.75, 3.05) is 13.1 Å². The van der Waals surface area contributed by atoms with Gasteiger partial charge in [-0.15, -0.1) is 0 Å². The molecule has 2 heterocycles.